The molecule has 0 saturated heterocycles. The molecule has 9 heteroatoms. The molecule has 0 radical (unpaired) electrons. The van der Waals surface area contributed by atoms with Crippen molar-refractivity contribution in [2.45, 2.75) is 11.0 Å². The second-order valence-electron chi connectivity index (χ2n) is 5.09. The number of hydrogen-bond donors (Lipinski definition) is 3. The summed E-state index contributed by atoms with van der Waals surface area (Å²) in [5, 5.41) is 13.8. The minimum Gasteiger partial charge on any atom is -0.384 e. The first-order valence-electron chi connectivity index (χ1n) is 6.44. The zero-order valence-corrected chi connectivity index (χ0v) is 15.4. The number of rotatable bonds is 5. The van der Waals surface area contributed by atoms with Gasteiger partial charge in [0, 0.05) is 14.1 Å². The standard InChI is InChI=1S/C13H20ClN3O3S2/c1-16(2)13(21)15-8-11(18)9-5-6-10(14)12(7-9)22(19,20)17(3)4/h5-7,11,18H,8H2,1-4H3,(H,15,21)/p+1. The average molecular weight is 367 g/mol. The lowest BCUT2D eigenvalue weighted by Crippen LogP contribution is -2.30. The number of nitrogens with zero attached hydrogens (tertiary/aromatic N) is 2. The normalized spacial score (nSPS) is 13.1. The van der Waals surface area contributed by atoms with Crippen LogP contribution in [-0.4, -0.2) is 62.3 Å². The summed E-state index contributed by atoms with van der Waals surface area (Å²) in [7, 11) is 2.81. The molecule has 0 spiro atoms. The summed E-state index contributed by atoms with van der Waals surface area (Å²) in [4.78, 5) is -0.0293. The maximum atomic E-state index is 12.2. The molecule has 1 atom stereocenters. The molecular weight excluding hydrogens is 346 g/mol. The quantitative estimate of drug-likeness (QED) is 0.311. The third-order valence-corrected chi connectivity index (χ3v) is 5.83. The van der Waals surface area contributed by atoms with Crippen LogP contribution in [0, 0.1) is 0 Å². The molecule has 22 heavy (non-hydrogen) atoms. The molecule has 0 amide bonds. The minimum absolute atomic E-state index is 0.0293. The minimum atomic E-state index is -3.67. The van der Waals surface area contributed by atoms with E-state index >= 15 is 0 Å². The highest BCUT2D eigenvalue weighted by Gasteiger charge is 2.23. The van der Waals surface area contributed by atoms with Gasteiger partial charge in [-0.2, -0.15) is 0 Å². The van der Waals surface area contributed by atoms with E-state index in [0.29, 0.717) is 10.7 Å². The number of benzene rings is 1. The van der Waals surface area contributed by atoms with Crippen molar-refractivity contribution >= 4 is 39.4 Å². The first kappa shape index (κ1) is 19.2. The van der Waals surface area contributed by atoms with Crippen molar-refractivity contribution < 1.29 is 18.1 Å². The first-order valence-corrected chi connectivity index (χ1v) is 8.71. The Morgan fingerprint density at radius 2 is 2.05 bits per heavy atom. The molecule has 0 aliphatic rings. The Labute approximate surface area is 141 Å². The number of nitrogens with one attached hydrogen (secondary N) is 1. The van der Waals surface area contributed by atoms with E-state index < -0.39 is 16.1 Å². The molecule has 0 aliphatic carbocycles. The van der Waals surface area contributed by atoms with Crippen molar-refractivity contribution in [2.75, 3.05) is 34.7 Å². The Hall–Kier alpha value is -0.800. The Morgan fingerprint density at radius 1 is 1.45 bits per heavy atom. The van der Waals surface area contributed by atoms with Crippen LogP contribution in [0.3, 0.4) is 0 Å². The van der Waals surface area contributed by atoms with Crippen molar-refractivity contribution in [2.24, 2.45) is 0 Å². The maximum absolute atomic E-state index is 12.2. The SMILES string of the molecule is CN(C)S(=O)(=O)c1cc(C(O)CNC(S)=[N+](C)C)ccc1Cl. The summed E-state index contributed by atoms with van der Waals surface area (Å²) in [6.07, 6.45) is -0.893. The number of aliphatic hydroxyl groups is 1. The molecular formula is C13H21ClN3O3S2+. The van der Waals surface area contributed by atoms with Crippen molar-refractivity contribution in [3.05, 3.63) is 28.8 Å². The smallest absolute Gasteiger partial charge is 0.302 e. The summed E-state index contributed by atoms with van der Waals surface area (Å²) < 4.78 is 27.2. The van der Waals surface area contributed by atoms with Crippen molar-refractivity contribution in [3.63, 3.8) is 0 Å². The topological polar surface area (TPSA) is 72.7 Å². The summed E-state index contributed by atoms with van der Waals surface area (Å²) in [6, 6.07) is 4.45. The summed E-state index contributed by atoms with van der Waals surface area (Å²) in [6.45, 7) is 0.195. The number of amidine groups is 1. The lowest BCUT2D eigenvalue weighted by molar-refractivity contribution is -0.463. The zero-order chi connectivity index (χ0) is 17.1. The lowest BCUT2D eigenvalue weighted by atomic mass is 10.1. The van der Waals surface area contributed by atoms with Crippen LogP contribution < -0.4 is 5.32 Å². The molecule has 0 bridgehead atoms. The molecule has 0 aromatic heterocycles. The molecule has 6 nitrogen and oxygen atoms in total. The average Bonchev–Trinajstić information content (AvgIpc) is 2.44. The second-order valence-corrected chi connectivity index (χ2v) is 8.04. The van der Waals surface area contributed by atoms with Gasteiger partial charge in [0.1, 0.15) is 17.5 Å². The van der Waals surface area contributed by atoms with Gasteiger partial charge < -0.3 is 5.11 Å². The van der Waals surface area contributed by atoms with E-state index in [1.165, 1.54) is 26.2 Å². The van der Waals surface area contributed by atoms with E-state index in [0.717, 1.165) is 4.31 Å². The molecule has 0 heterocycles. The van der Waals surface area contributed by atoms with E-state index in [1.54, 1.807) is 10.6 Å². The van der Waals surface area contributed by atoms with Crippen molar-refractivity contribution in [3.8, 4) is 0 Å². The third kappa shape index (κ3) is 4.60. The molecule has 1 rings (SSSR count). The molecule has 0 saturated carbocycles. The molecule has 2 N–H and O–H groups in total. The fraction of sp³-hybridized carbons (Fsp3) is 0.462. The van der Waals surface area contributed by atoms with Crippen LogP contribution in [0.2, 0.25) is 5.02 Å². The highest BCUT2D eigenvalue weighted by Crippen LogP contribution is 2.27. The molecule has 0 fully saturated rings. The Kier molecular flexibility index (Phi) is 6.69. The van der Waals surface area contributed by atoms with Gasteiger partial charge in [-0.05, 0) is 17.7 Å². The molecule has 0 aliphatic heterocycles. The van der Waals surface area contributed by atoms with Gasteiger partial charge in [0.25, 0.3) is 0 Å². The van der Waals surface area contributed by atoms with Gasteiger partial charge in [0.15, 0.2) is 0 Å². The number of sulfonamides is 1. The van der Waals surface area contributed by atoms with Gasteiger partial charge in [-0.3, -0.25) is 9.89 Å². The van der Waals surface area contributed by atoms with Gasteiger partial charge >= 0.3 is 5.17 Å². The number of halogens is 1. The fourth-order valence-corrected chi connectivity index (χ4v) is 3.08. The van der Waals surface area contributed by atoms with Crippen LogP contribution in [0.15, 0.2) is 23.1 Å². The molecule has 1 aromatic carbocycles. The van der Waals surface area contributed by atoms with Crippen molar-refractivity contribution in [1.82, 2.24) is 9.62 Å². The first-order chi connectivity index (χ1) is 10.1. The fourth-order valence-electron chi connectivity index (χ4n) is 1.59. The Balaban J connectivity index is 3.06. The number of thiol groups is 1. The highest BCUT2D eigenvalue weighted by molar-refractivity contribution is 7.96. The van der Waals surface area contributed by atoms with Gasteiger partial charge in [-0.15, -0.1) is 0 Å². The van der Waals surface area contributed by atoms with Crippen LogP contribution in [0.1, 0.15) is 11.7 Å². The van der Waals surface area contributed by atoms with Gasteiger partial charge in [-0.1, -0.05) is 30.3 Å². The molecule has 1 aromatic rings. The molecule has 1 unspecified atom stereocenters. The van der Waals surface area contributed by atoms with E-state index in [1.807, 2.05) is 14.1 Å². The zero-order valence-electron chi connectivity index (χ0n) is 12.9. The van der Waals surface area contributed by atoms with Gasteiger partial charge in [0.05, 0.1) is 19.1 Å². The van der Waals surface area contributed by atoms with Crippen LogP contribution in [0.25, 0.3) is 0 Å². The van der Waals surface area contributed by atoms with E-state index in [2.05, 4.69) is 17.9 Å². The van der Waals surface area contributed by atoms with Gasteiger partial charge in [0.2, 0.25) is 10.0 Å². The predicted octanol–water partition coefficient (Wildman–Crippen LogP) is 0.771. The third-order valence-electron chi connectivity index (χ3n) is 2.98. The van der Waals surface area contributed by atoms with E-state index in [-0.39, 0.29) is 16.5 Å². The van der Waals surface area contributed by atoms with Gasteiger partial charge in [-0.25, -0.2) is 12.7 Å². The monoisotopic (exact) mass is 366 g/mol. The summed E-state index contributed by atoms with van der Waals surface area (Å²) in [5.41, 5.74) is 0.456. The van der Waals surface area contributed by atoms with Crippen LogP contribution in [0.5, 0.6) is 0 Å². The highest BCUT2D eigenvalue weighted by atomic mass is 35.5. The number of aliphatic hydroxyl groups excluding tert-OH is 1. The van der Waals surface area contributed by atoms with Crippen molar-refractivity contribution in [1.29, 1.82) is 0 Å². The second kappa shape index (κ2) is 7.65. The van der Waals surface area contributed by atoms with E-state index in [4.69, 9.17) is 11.6 Å². The lowest BCUT2D eigenvalue weighted by Gasteiger charge is -2.15. The van der Waals surface area contributed by atoms with Crippen LogP contribution in [-0.2, 0) is 10.0 Å². The van der Waals surface area contributed by atoms with E-state index in [9.17, 15) is 13.5 Å². The Morgan fingerprint density at radius 3 is 2.55 bits per heavy atom. The molecule has 124 valence electrons. The van der Waals surface area contributed by atoms with Crippen LogP contribution in [0.4, 0.5) is 0 Å². The predicted molar refractivity (Wildman–Crippen MR) is 91.4 cm³/mol. The number of hydrogen-bond acceptors (Lipinski definition) is 3. The Bertz CT molecular complexity index is 671. The maximum Gasteiger partial charge on any atom is 0.302 e. The summed E-state index contributed by atoms with van der Waals surface area (Å²) in [5.74, 6) is 0. The largest absolute Gasteiger partial charge is 0.384 e. The summed E-state index contributed by atoms with van der Waals surface area (Å²) >= 11 is 10.2. The van der Waals surface area contributed by atoms with Crippen LogP contribution >= 0.6 is 24.2 Å².